The van der Waals surface area contributed by atoms with Crippen LogP contribution in [0.5, 0.6) is 11.5 Å². The molecule has 1 heterocycles. The molecular weight excluding hydrogens is 296 g/mol. The summed E-state index contributed by atoms with van der Waals surface area (Å²) >= 11 is 7.99. The van der Waals surface area contributed by atoms with Crippen LogP contribution >= 0.6 is 23.4 Å². The highest BCUT2D eigenvalue weighted by atomic mass is 35.5. The van der Waals surface area contributed by atoms with Crippen LogP contribution in [-0.4, -0.2) is 31.2 Å². The summed E-state index contributed by atoms with van der Waals surface area (Å²) in [6, 6.07) is 3.59. The molecule has 1 N–H and O–H groups in total. The average molecular weight is 313 g/mol. The van der Waals surface area contributed by atoms with Crippen LogP contribution in [0.25, 0.3) is 0 Å². The van der Waals surface area contributed by atoms with Crippen LogP contribution in [0, 0.1) is 5.92 Å². The molecule has 6 heteroatoms. The lowest BCUT2D eigenvalue weighted by molar-refractivity contribution is 0.396. The summed E-state index contributed by atoms with van der Waals surface area (Å²) in [6.45, 7) is 0.907. The Morgan fingerprint density at radius 3 is 2.65 bits per heavy atom. The van der Waals surface area contributed by atoms with E-state index in [1.807, 2.05) is 17.8 Å². The number of hydrogen-bond donors (Lipinski definition) is 1. The third kappa shape index (κ3) is 2.83. The number of halogens is 1. The number of methoxy groups -OCH3 is 2. The molecule has 3 rings (SSSR count). The molecule has 0 amide bonds. The van der Waals surface area contributed by atoms with Gasteiger partial charge in [-0.25, -0.2) is 0 Å². The van der Waals surface area contributed by atoms with Gasteiger partial charge < -0.3 is 14.8 Å². The molecule has 0 saturated heterocycles. The van der Waals surface area contributed by atoms with Crippen LogP contribution < -0.4 is 14.8 Å². The monoisotopic (exact) mass is 312 g/mol. The van der Waals surface area contributed by atoms with Gasteiger partial charge >= 0.3 is 0 Å². The van der Waals surface area contributed by atoms with Crippen LogP contribution in [0.15, 0.2) is 17.1 Å². The van der Waals surface area contributed by atoms with Gasteiger partial charge in [-0.15, -0.1) is 0 Å². The first-order valence-electron chi connectivity index (χ1n) is 6.61. The zero-order valence-corrected chi connectivity index (χ0v) is 13.1. The summed E-state index contributed by atoms with van der Waals surface area (Å²) in [5, 5.41) is 5.45. The van der Waals surface area contributed by atoms with Crippen molar-refractivity contribution in [3.8, 4) is 11.5 Å². The maximum absolute atomic E-state index is 6.17. The molecule has 0 aromatic heterocycles. The Morgan fingerprint density at radius 1 is 1.25 bits per heavy atom. The summed E-state index contributed by atoms with van der Waals surface area (Å²) < 4.78 is 10.6. The minimum absolute atomic E-state index is 0.554. The minimum Gasteiger partial charge on any atom is -0.495 e. The van der Waals surface area contributed by atoms with Crippen LogP contribution in [0.2, 0.25) is 5.02 Å². The summed E-state index contributed by atoms with van der Waals surface area (Å²) in [5.74, 6) is 2.15. The Kier molecular flexibility index (Phi) is 3.98. The van der Waals surface area contributed by atoms with Crippen molar-refractivity contribution in [2.45, 2.75) is 18.1 Å². The van der Waals surface area contributed by atoms with E-state index in [-0.39, 0.29) is 0 Å². The molecule has 0 radical (unpaired) electrons. The highest BCUT2D eigenvalue weighted by molar-refractivity contribution is 8.15. The third-order valence-corrected chi connectivity index (χ3v) is 5.13. The van der Waals surface area contributed by atoms with Crippen LogP contribution in [-0.2, 0) is 0 Å². The molecule has 1 aliphatic heterocycles. The molecule has 2 aliphatic rings. The van der Waals surface area contributed by atoms with Crippen LogP contribution in [0.4, 0.5) is 5.69 Å². The van der Waals surface area contributed by atoms with E-state index >= 15 is 0 Å². The van der Waals surface area contributed by atoms with Gasteiger partial charge in [0.2, 0.25) is 0 Å². The molecule has 1 aromatic rings. The second-order valence-corrected chi connectivity index (χ2v) is 6.59. The molecule has 1 fully saturated rings. The van der Waals surface area contributed by atoms with E-state index in [0.29, 0.717) is 21.8 Å². The lowest BCUT2D eigenvalue weighted by atomic mass is 10.2. The lowest BCUT2D eigenvalue weighted by Crippen LogP contribution is -2.09. The fraction of sp³-hybridized carbons (Fsp3) is 0.500. The third-order valence-electron chi connectivity index (χ3n) is 3.54. The van der Waals surface area contributed by atoms with E-state index < -0.39 is 0 Å². The maximum atomic E-state index is 6.17. The fourth-order valence-corrected chi connectivity index (χ4v) is 3.71. The van der Waals surface area contributed by atoms with Gasteiger partial charge in [0.05, 0.1) is 31.5 Å². The minimum atomic E-state index is 0.554. The normalized spacial score (nSPS) is 21.6. The molecule has 1 saturated carbocycles. The highest BCUT2D eigenvalue weighted by Gasteiger charge is 2.35. The zero-order valence-electron chi connectivity index (χ0n) is 11.5. The summed E-state index contributed by atoms with van der Waals surface area (Å²) in [4.78, 5) is 4.56. The Labute approximate surface area is 127 Å². The number of aliphatic imine (C=N–C) groups is 1. The van der Waals surface area contributed by atoms with Crippen molar-refractivity contribution in [3.63, 3.8) is 0 Å². The Bertz CT molecular complexity index is 546. The van der Waals surface area contributed by atoms with E-state index in [4.69, 9.17) is 21.1 Å². The summed E-state index contributed by atoms with van der Waals surface area (Å²) in [6.07, 6.45) is 2.69. The smallest absolute Gasteiger partial charge is 0.161 e. The van der Waals surface area contributed by atoms with Gasteiger partial charge in [0.15, 0.2) is 5.17 Å². The number of benzene rings is 1. The molecule has 0 spiro atoms. The van der Waals surface area contributed by atoms with Gasteiger partial charge in [0.25, 0.3) is 0 Å². The number of anilines is 1. The molecule has 0 bridgehead atoms. The Balaban J connectivity index is 1.75. The lowest BCUT2D eigenvalue weighted by Gasteiger charge is -2.14. The van der Waals surface area contributed by atoms with Crippen molar-refractivity contribution < 1.29 is 9.47 Å². The predicted molar refractivity (Wildman–Crippen MR) is 84.6 cm³/mol. The summed E-state index contributed by atoms with van der Waals surface area (Å²) in [7, 11) is 3.22. The standard InChI is InChI=1S/C14H17ClN2O2S/c1-18-11-6-12(19-2)10(5-9(11)15)17-14-16-7-13(20-14)8-3-4-8/h5-6,8,13H,3-4,7H2,1-2H3,(H,16,17). The first-order valence-corrected chi connectivity index (χ1v) is 7.86. The van der Waals surface area contributed by atoms with Gasteiger partial charge in [-0.3, -0.25) is 4.99 Å². The van der Waals surface area contributed by atoms with Gasteiger partial charge in [0.1, 0.15) is 11.5 Å². The highest BCUT2D eigenvalue weighted by Crippen LogP contribution is 2.43. The number of nitrogens with zero attached hydrogens (tertiary/aromatic N) is 1. The van der Waals surface area contributed by atoms with Crippen LogP contribution in [0.3, 0.4) is 0 Å². The summed E-state index contributed by atoms with van der Waals surface area (Å²) in [5.41, 5.74) is 0.820. The van der Waals surface area contributed by atoms with Crippen LogP contribution in [0.1, 0.15) is 12.8 Å². The molecule has 1 unspecified atom stereocenters. The second kappa shape index (κ2) is 5.74. The van der Waals surface area contributed by atoms with Crippen molar-refractivity contribution >= 4 is 34.2 Å². The molecule has 1 atom stereocenters. The topological polar surface area (TPSA) is 42.9 Å². The maximum Gasteiger partial charge on any atom is 0.161 e. The Morgan fingerprint density at radius 2 is 2.00 bits per heavy atom. The van der Waals surface area contributed by atoms with Crippen molar-refractivity contribution in [3.05, 3.63) is 17.2 Å². The quantitative estimate of drug-likeness (QED) is 0.921. The largest absolute Gasteiger partial charge is 0.495 e. The fourth-order valence-electron chi connectivity index (χ4n) is 2.25. The SMILES string of the molecule is COc1cc(OC)c(NC2=NCC(C3CC3)S2)cc1Cl. The number of nitrogens with one attached hydrogen (secondary N) is 1. The molecular formula is C14H17ClN2O2S. The average Bonchev–Trinajstić information content (AvgIpc) is 3.20. The molecule has 1 aliphatic carbocycles. The number of ether oxygens (including phenoxy) is 2. The number of hydrogen-bond acceptors (Lipinski definition) is 5. The number of amidine groups is 1. The predicted octanol–water partition coefficient (Wildman–Crippen LogP) is 3.65. The number of thioether (sulfide) groups is 1. The molecule has 108 valence electrons. The van der Waals surface area contributed by atoms with Gasteiger partial charge in [-0.05, 0) is 24.8 Å². The van der Waals surface area contributed by atoms with Gasteiger partial charge in [-0.1, -0.05) is 23.4 Å². The molecule has 1 aromatic carbocycles. The van der Waals surface area contributed by atoms with E-state index in [0.717, 1.165) is 23.3 Å². The van der Waals surface area contributed by atoms with E-state index in [9.17, 15) is 0 Å². The first kappa shape index (κ1) is 13.9. The van der Waals surface area contributed by atoms with E-state index in [2.05, 4.69) is 10.3 Å². The van der Waals surface area contributed by atoms with E-state index in [1.165, 1.54) is 12.8 Å². The van der Waals surface area contributed by atoms with Crippen molar-refractivity contribution in [2.24, 2.45) is 10.9 Å². The van der Waals surface area contributed by atoms with Crippen molar-refractivity contribution in [1.82, 2.24) is 0 Å². The molecule has 20 heavy (non-hydrogen) atoms. The van der Waals surface area contributed by atoms with Gasteiger partial charge in [-0.2, -0.15) is 0 Å². The first-order chi connectivity index (χ1) is 9.71. The van der Waals surface area contributed by atoms with Gasteiger partial charge in [0, 0.05) is 11.3 Å². The molecule has 4 nitrogen and oxygen atoms in total. The Hall–Kier alpha value is -1.07. The second-order valence-electron chi connectivity index (χ2n) is 4.95. The van der Waals surface area contributed by atoms with Crippen molar-refractivity contribution in [1.29, 1.82) is 0 Å². The number of rotatable bonds is 4. The van der Waals surface area contributed by atoms with Crippen molar-refractivity contribution in [2.75, 3.05) is 26.1 Å². The van der Waals surface area contributed by atoms with E-state index in [1.54, 1.807) is 20.3 Å². The zero-order chi connectivity index (χ0) is 14.1.